The Morgan fingerprint density at radius 2 is 2.18 bits per heavy atom. The van der Waals surface area contributed by atoms with Gasteiger partial charge in [-0.05, 0) is 57.1 Å². The first-order valence-corrected chi connectivity index (χ1v) is 7.23. The molecule has 0 aliphatic heterocycles. The fraction of sp³-hybridized carbons (Fsp3) is 0.250. The third-order valence-corrected chi connectivity index (χ3v) is 4.26. The average molecular weight is 406 g/mol. The van der Waals surface area contributed by atoms with Crippen LogP contribution in [0.2, 0.25) is 0 Å². The second-order valence-electron chi connectivity index (χ2n) is 3.69. The minimum absolute atomic E-state index is 0.153. The fourth-order valence-corrected chi connectivity index (χ4v) is 3.07. The molecule has 90 valence electrons. The topological polar surface area (TPSA) is 43.8 Å². The predicted octanol–water partition coefficient (Wildman–Crippen LogP) is 3.32. The summed E-state index contributed by atoms with van der Waals surface area (Å²) >= 11 is 5.83. The average Bonchev–Trinajstić information content (AvgIpc) is 2.70. The molecule has 0 radical (unpaired) electrons. The molecule has 2 N–H and O–H groups in total. The van der Waals surface area contributed by atoms with Gasteiger partial charge in [0.15, 0.2) is 0 Å². The molecule has 17 heavy (non-hydrogen) atoms. The normalized spacial score (nSPS) is 12.7. The van der Waals surface area contributed by atoms with Crippen LogP contribution in [0.15, 0.2) is 34.9 Å². The molecule has 0 aliphatic rings. The fourth-order valence-electron chi connectivity index (χ4n) is 1.81. The van der Waals surface area contributed by atoms with Crippen LogP contribution in [-0.2, 0) is 6.54 Å². The van der Waals surface area contributed by atoms with Crippen LogP contribution in [0.4, 0.5) is 0 Å². The Balaban J connectivity index is 2.47. The molecule has 3 nitrogen and oxygen atoms in total. The number of benzene rings is 1. The molecule has 1 heterocycles. The Bertz CT molecular complexity index is 524. The maximum atomic E-state index is 6.34. The Morgan fingerprint density at radius 1 is 1.47 bits per heavy atom. The van der Waals surface area contributed by atoms with Gasteiger partial charge in [0, 0.05) is 10.1 Å². The third kappa shape index (κ3) is 2.56. The third-order valence-electron chi connectivity index (χ3n) is 2.67. The second kappa shape index (κ2) is 5.49. The van der Waals surface area contributed by atoms with Crippen molar-refractivity contribution in [1.29, 1.82) is 0 Å². The molecule has 0 saturated carbocycles. The van der Waals surface area contributed by atoms with E-state index in [1.807, 2.05) is 16.8 Å². The van der Waals surface area contributed by atoms with Crippen LogP contribution in [0, 0.1) is 3.57 Å². The highest BCUT2D eigenvalue weighted by Gasteiger charge is 2.19. The molecule has 1 aromatic carbocycles. The van der Waals surface area contributed by atoms with Crippen molar-refractivity contribution in [2.24, 2.45) is 5.73 Å². The summed E-state index contributed by atoms with van der Waals surface area (Å²) in [4.78, 5) is 0. The molecular weight excluding hydrogens is 393 g/mol. The van der Waals surface area contributed by atoms with E-state index in [0.29, 0.717) is 0 Å². The van der Waals surface area contributed by atoms with Crippen molar-refractivity contribution in [2.75, 3.05) is 0 Å². The Hall–Kier alpha value is -0.400. The lowest BCUT2D eigenvalue weighted by molar-refractivity contribution is 0.599. The van der Waals surface area contributed by atoms with Gasteiger partial charge in [-0.2, -0.15) is 5.10 Å². The zero-order chi connectivity index (χ0) is 12.4. The molecule has 5 heteroatoms. The van der Waals surface area contributed by atoms with Crippen molar-refractivity contribution in [3.8, 4) is 0 Å². The molecule has 2 rings (SSSR count). The van der Waals surface area contributed by atoms with E-state index in [4.69, 9.17) is 5.73 Å². The number of aryl methyl sites for hydroxylation is 1. The number of aromatic nitrogens is 2. The van der Waals surface area contributed by atoms with Crippen LogP contribution < -0.4 is 5.73 Å². The highest BCUT2D eigenvalue weighted by Crippen LogP contribution is 2.29. The molecule has 2 aromatic rings. The zero-order valence-electron chi connectivity index (χ0n) is 9.40. The molecule has 0 saturated heterocycles. The quantitative estimate of drug-likeness (QED) is 0.796. The number of nitrogens with two attached hydrogens (primary N) is 1. The smallest absolute Gasteiger partial charge is 0.0745 e. The molecule has 0 amide bonds. The summed E-state index contributed by atoms with van der Waals surface area (Å²) in [6.07, 6.45) is 1.80. The van der Waals surface area contributed by atoms with E-state index in [1.165, 1.54) is 3.57 Å². The summed E-state index contributed by atoms with van der Waals surface area (Å²) in [5.41, 5.74) is 8.50. The summed E-state index contributed by atoms with van der Waals surface area (Å²) in [5, 5.41) is 4.30. The van der Waals surface area contributed by atoms with E-state index >= 15 is 0 Å². The van der Waals surface area contributed by atoms with Crippen molar-refractivity contribution in [2.45, 2.75) is 19.5 Å². The molecule has 0 fully saturated rings. The second-order valence-corrected chi connectivity index (χ2v) is 5.71. The number of rotatable bonds is 3. The maximum absolute atomic E-state index is 6.34. The lowest BCUT2D eigenvalue weighted by atomic mass is 10.0. The Morgan fingerprint density at radius 3 is 2.82 bits per heavy atom. The van der Waals surface area contributed by atoms with Gasteiger partial charge < -0.3 is 5.73 Å². The van der Waals surface area contributed by atoms with Gasteiger partial charge >= 0.3 is 0 Å². The van der Waals surface area contributed by atoms with Crippen molar-refractivity contribution >= 4 is 38.5 Å². The van der Waals surface area contributed by atoms with E-state index in [2.05, 4.69) is 62.7 Å². The van der Waals surface area contributed by atoms with Gasteiger partial charge in [-0.1, -0.05) is 18.2 Å². The summed E-state index contributed by atoms with van der Waals surface area (Å²) < 4.78 is 4.07. The van der Waals surface area contributed by atoms with Crippen molar-refractivity contribution in [3.05, 3.63) is 49.8 Å². The molecular formula is C12H13BrIN3. The monoisotopic (exact) mass is 405 g/mol. The summed E-state index contributed by atoms with van der Waals surface area (Å²) in [5.74, 6) is 0. The lowest BCUT2D eigenvalue weighted by Gasteiger charge is -2.16. The van der Waals surface area contributed by atoms with Crippen LogP contribution in [0.5, 0.6) is 0 Å². The SMILES string of the molecule is CCn1ncc(Br)c1C(N)c1ccccc1I. The van der Waals surface area contributed by atoms with Gasteiger partial charge in [0.2, 0.25) is 0 Å². The van der Waals surface area contributed by atoms with Crippen LogP contribution in [0.25, 0.3) is 0 Å². The van der Waals surface area contributed by atoms with Gasteiger partial charge in [-0.25, -0.2) is 0 Å². The highest BCUT2D eigenvalue weighted by atomic mass is 127. The van der Waals surface area contributed by atoms with Crippen molar-refractivity contribution in [1.82, 2.24) is 9.78 Å². The van der Waals surface area contributed by atoms with Crippen molar-refractivity contribution < 1.29 is 0 Å². The summed E-state index contributed by atoms with van der Waals surface area (Å²) in [6, 6.07) is 8.00. The predicted molar refractivity (Wildman–Crippen MR) is 80.8 cm³/mol. The van der Waals surface area contributed by atoms with Crippen LogP contribution in [-0.4, -0.2) is 9.78 Å². The number of hydrogen-bond donors (Lipinski definition) is 1. The number of nitrogens with zero attached hydrogens (tertiary/aromatic N) is 2. The minimum atomic E-state index is -0.153. The van der Waals surface area contributed by atoms with E-state index < -0.39 is 0 Å². The van der Waals surface area contributed by atoms with Gasteiger partial charge in [-0.3, -0.25) is 4.68 Å². The van der Waals surface area contributed by atoms with E-state index in [-0.39, 0.29) is 6.04 Å². The first-order chi connectivity index (χ1) is 8.15. The standard InChI is InChI=1S/C12H13BrIN3/c1-2-17-12(9(13)7-16-17)11(15)8-5-3-4-6-10(8)14/h3-7,11H,2,15H2,1H3. The lowest BCUT2D eigenvalue weighted by Crippen LogP contribution is -2.18. The van der Waals surface area contributed by atoms with Crippen LogP contribution >= 0.6 is 38.5 Å². The largest absolute Gasteiger partial charge is 0.319 e. The summed E-state index contributed by atoms with van der Waals surface area (Å²) in [7, 11) is 0. The number of hydrogen-bond acceptors (Lipinski definition) is 2. The molecule has 0 bridgehead atoms. The van der Waals surface area contributed by atoms with Gasteiger partial charge in [0.25, 0.3) is 0 Å². The highest BCUT2D eigenvalue weighted by molar-refractivity contribution is 14.1. The van der Waals surface area contributed by atoms with Gasteiger partial charge in [0.1, 0.15) is 0 Å². The van der Waals surface area contributed by atoms with Crippen LogP contribution in [0.3, 0.4) is 0 Å². The van der Waals surface area contributed by atoms with Crippen LogP contribution in [0.1, 0.15) is 24.2 Å². The Kier molecular flexibility index (Phi) is 4.22. The molecule has 1 atom stereocenters. The maximum Gasteiger partial charge on any atom is 0.0745 e. The molecule has 0 spiro atoms. The van der Waals surface area contributed by atoms with E-state index in [0.717, 1.165) is 22.3 Å². The van der Waals surface area contributed by atoms with Crippen molar-refractivity contribution in [3.63, 3.8) is 0 Å². The van der Waals surface area contributed by atoms with Gasteiger partial charge in [0.05, 0.1) is 22.4 Å². The molecule has 0 aliphatic carbocycles. The first-order valence-electron chi connectivity index (χ1n) is 5.36. The van der Waals surface area contributed by atoms with E-state index in [9.17, 15) is 0 Å². The minimum Gasteiger partial charge on any atom is -0.319 e. The van der Waals surface area contributed by atoms with Gasteiger partial charge in [-0.15, -0.1) is 0 Å². The first kappa shape index (κ1) is 13.0. The Labute approximate surface area is 123 Å². The van der Waals surface area contributed by atoms with E-state index in [1.54, 1.807) is 6.20 Å². The zero-order valence-corrected chi connectivity index (χ0v) is 13.1. The molecule has 1 aromatic heterocycles. The molecule has 1 unspecified atom stereocenters. The number of halogens is 2. The summed E-state index contributed by atoms with van der Waals surface area (Å²) in [6.45, 7) is 2.88.